The van der Waals surface area contributed by atoms with Crippen LogP contribution >= 0.6 is 0 Å². The molecule has 1 aromatic rings. The molecular weight excluding hydrogens is 226 g/mol. The minimum Gasteiger partial charge on any atom is -0.396 e. The summed E-state index contributed by atoms with van der Waals surface area (Å²) in [6, 6.07) is 3.29. The molecule has 1 aliphatic rings. The summed E-state index contributed by atoms with van der Waals surface area (Å²) in [7, 11) is -3.33. The zero-order chi connectivity index (χ0) is 11.6. The maximum absolute atomic E-state index is 11.9. The van der Waals surface area contributed by atoms with Gasteiger partial charge in [-0.3, -0.25) is 4.72 Å². The second kappa shape index (κ2) is 4.29. The zero-order valence-corrected chi connectivity index (χ0v) is 9.70. The number of nitrogens with zero attached hydrogens (tertiary/aromatic N) is 1. The van der Waals surface area contributed by atoms with Crippen molar-refractivity contribution < 1.29 is 8.42 Å². The van der Waals surface area contributed by atoms with E-state index in [9.17, 15) is 8.42 Å². The lowest BCUT2D eigenvalue weighted by atomic mass is 10.4. The van der Waals surface area contributed by atoms with E-state index in [1.165, 1.54) is 6.20 Å². The number of nitrogens with two attached hydrogens (primary N) is 1. The summed E-state index contributed by atoms with van der Waals surface area (Å²) in [6.45, 7) is 0. The Hall–Kier alpha value is -1.30. The van der Waals surface area contributed by atoms with Crippen LogP contribution in [0.2, 0.25) is 0 Å². The topological polar surface area (TPSA) is 85.1 Å². The first-order valence-electron chi connectivity index (χ1n) is 5.32. The molecule has 0 unspecified atom stereocenters. The Kier molecular flexibility index (Phi) is 3.00. The highest BCUT2D eigenvalue weighted by Crippen LogP contribution is 2.26. The Morgan fingerprint density at radius 3 is 2.69 bits per heavy atom. The molecule has 6 heteroatoms. The fourth-order valence-corrected chi connectivity index (χ4v) is 3.48. The third-order valence-corrected chi connectivity index (χ3v) is 4.65. The quantitative estimate of drug-likeness (QED) is 0.836. The molecule has 5 nitrogen and oxygen atoms in total. The SMILES string of the molecule is Nc1cccnc1NS(=O)(=O)C1CCCC1. The third-order valence-electron chi connectivity index (χ3n) is 2.82. The molecule has 0 radical (unpaired) electrons. The first kappa shape index (κ1) is 11.2. The van der Waals surface area contributed by atoms with Crippen molar-refractivity contribution in [3.05, 3.63) is 18.3 Å². The van der Waals surface area contributed by atoms with Gasteiger partial charge < -0.3 is 5.73 Å². The monoisotopic (exact) mass is 241 g/mol. The predicted molar refractivity (Wildman–Crippen MR) is 63.4 cm³/mol. The van der Waals surface area contributed by atoms with Gasteiger partial charge >= 0.3 is 0 Å². The van der Waals surface area contributed by atoms with Crippen LogP contribution in [0.5, 0.6) is 0 Å². The summed E-state index contributed by atoms with van der Waals surface area (Å²) in [5.74, 6) is 0.231. The van der Waals surface area contributed by atoms with Gasteiger partial charge in [-0.2, -0.15) is 0 Å². The average Bonchev–Trinajstić information content (AvgIpc) is 2.75. The van der Waals surface area contributed by atoms with Crippen molar-refractivity contribution in [2.45, 2.75) is 30.9 Å². The summed E-state index contributed by atoms with van der Waals surface area (Å²) in [6.07, 6.45) is 4.92. The van der Waals surface area contributed by atoms with Gasteiger partial charge in [-0.1, -0.05) is 12.8 Å². The Labute approximate surface area is 95.1 Å². The van der Waals surface area contributed by atoms with Crippen LogP contribution < -0.4 is 10.5 Å². The van der Waals surface area contributed by atoms with Crippen LogP contribution in [0.25, 0.3) is 0 Å². The van der Waals surface area contributed by atoms with Gasteiger partial charge in [0.25, 0.3) is 0 Å². The van der Waals surface area contributed by atoms with Gasteiger partial charge in [0.2, 0.25) is 10.0 Å². The minimum atomic E-state index is -3.33. The molecular formula is C10H15N3O2S. The molecule has 0 spiro atoms. The van der Waals surface area contributed by atoms with Crippen LogP contribution in [0.15, 0.2) is 18.3 Å². The number of sulfonamides is 1. The molecule has 1 aromatic heterocycles. The molecule has 0 aliphatic heterocycles. The maximum Gasteiger partial charge on any atom is 0.236 e. The zero-order valence-electron chi connectivity index (χ0n) is 8.89. The van der Waals surface area contributed by atoms with Crippen LogP contribution in [0.1, 0.15) is 25.7 Å². The standard InChI is InChI=1S/C10H15N3O2S/c11-9-6-3-7-12-10(9)13-16(14,15)8-4-1-2-5-8/h3,6-8H,1-2,4-5,11H2,(H,12,13). The number of pyridine rings is 1. The first-order chi connectivity index (χ1) is 7.59. The molecule has 1 heterocycles. The van der Waals surface area contributed by atoms with Gasteiger partial charge in [0.1, 0.15) is 0 Å². The van der Waals surface area contributed by atoms with Crippen molar-refractivity contribution in [3.8, 4) is 0 Å². The average molecular weight is 241 g/mol. The van der Waals surface area contributed by atoms with Crippen LogP contribution in [0.3, 0.4) is 0 Å². The summed E-state index contributed by atoms with van der Waals surface area (Å²) < 4.78 is 26.4. The Morgan fingerprint density at radius 1 is 1.38 bits per heavy atom. The largest absolute Gasteiger partial charge is 0.396 e. The van der Waals surface area contributed by atoms with E-state index in [-0.39, 0.29) is 11.1 Å². The molecule has 2 rings (SSSR count). The normalized spacial score (nSPS) is 17.5. The molecule has 0 bridgehead atoms. The van der Waals surface area contributed by atoms with Crippen molar-refractivity contribution in [2.75, 3.05) is 10.5 Å². The van der Waals surface area contributed by atoms with E-state index in [4.69, 9.17) is 5.73 Å². The van der Waals surface area contributed by atoms with E-state index in [0.717, 1.165) is 25.7 Å². The molecule has 1 aliphatic carbocycles. The second-order valence-corrected chi connectivity index (χ2v) is 5.96. The van der Waals surface area contributed by atoms with E-state index >= 15 is 0 Å². The molecule has 3 N–H and O–H groups in total. The third kappa shape index (κ3) is 2.27. The van der Waals surface area contributed by atoms with E-state index in [0.29, 0.717) is 5.69 Å². The number of rotatable bonds is 3. The lowest BCUT2D eigenvalue weighted by Crippen LogP contribution is -2.26. The summed E-state index contributed by atoms with van der Waals surface area (Å²) >= 11 is 0. The van der Waals surface area contributed by atoms with Gasteiger partial charge in [0, 0.05) is 6.20 Å². The number of aromatic nitrogens is 1. The maximum atomic E-state index is 11.9. The van der Waals surface area contributed by atoms with E-state index < -0.39 is 10.0 Å². The minimum absolute atomic E-state index is 0.231. The van der Waals surface area contributed by atoms with Crippen molar-refractivity contribution in [2.24, 2.45) is 0 Å². The highest BCUT2D eigenvalue weighted by molar-refractivity contribution is 7.93. The lowest BCUT2D eigenvalue weighted by Gasteiger charge is -2.13. The van der Waals surface area contributed by atoms with Gasteiger partial charge in [-0.15, -0.1) is 0 Å². The Bertz CT molecular complexity index is 467. The number of hydrogen-bond donors (Lipinski definition) is 2. The number of nitrogens with one attached hydrogen (secondary N) is 1. The van der Waals surface area contributed by atoms with E-state index in [1.54, 1.807) is 12.1 Å². The highest BCUT2D eigenvalue weighted by atomic mass is 32.2. The van der Waals surface area contributed by atoms with E-state index in [2.05, 4.69) is 9.71 Å². The first-order valence-corrected chi connectivity index (χ1v) is 6.86. The van der Waals surface area contributed by atoms with Gasteiger partial charge in [0.05, 0.1) is 10.9 Å². The van der Waals surface area contributed by atoms with Crippen LogP contribution in [0, 0.1) is 0 Å². The van der Waals surface area contributed by atoms with Gasteiger partial charge in [-0.05, 0) is 25.0 Å². The molecule has 0 saturated heterocycles. The molecule has 88 valence electrons. The number of nitrogen functional groups attached to an aromatic ring is 1. The Morgan fingerprint density at radius 2 is 2.06 bits per heavy atom. The second-order valence-electron chi connectivity index (χ2n) is 3.99. The molecule has 1 saturated carbocycles. The van der Waals surface area contributed by atoms with Crippen LogP contribution in [-0.4, -0.2) is 18.7 Å². The fraction of sp³-hybridized carbons (Fsp3) is 0.500. The molecule has 0 amide bonds. The summed E-state index contributed by atoms with van der Waals surface area (Å²) in [5.41, 5.74) is 5.99. The van der Waals surface area contributed by atoms with Crippen molar-refractivity contribution in [1.29, 1.82) is 0 Å². The van der Waals surface area contributed by atoms with Gasteiger partial charge in [0.15, 0.2) is 5.82 Å². The molecule has 1 fully saturated rings. The smallest absolute Gasteiger partial charge is 0.236 e. The van der Waals surface area contributed by atoms with Crippen LogP contribution in [0.4, 0.5) is 11.5 Å². The van der Waals surface area contributed by atoms with Crippen molar-refractivity contribution >= 4 is 21.5 Å². The summed E-state index contributed by atoms with van der Waals surface area (Å²) in [5, 5.41) is -0.297. The molecule has 0 aromatic carbocycles. The molecule has 0 atom stereocenters. The summed E-state index contributed by atoms with van der Waals surface area (Å²) in [4.78, 5) is 3.92. The number of hydrogen-bond acceptors (Lipinski definition) is 4. The fourth-order valence-electron chi connectivity index (χ4n) is 1.92. The highest BCUT2D eigenvalue weighted by Gasteiger charge is 2.29. The van der Waals surface area contributed by atoms with Crippen molar-refractivity contribution in [1.82, 2.24) is 4.98 Å². The van der Waals surface area contributed by atoms with E-state index in [1.807, 2.05) is 0 Å². The number of anilines is 2. The van der Waals surface area contributed by atoms with Crippen LogP contribution in [-0.2, 0) is 10.0 Å². The van der Waals surface area contributed by atoms with Gasteiger partial charge in [-0.25, -0.2) is 13.4 Å². The predicted octanol–water partition coefficient (Wildman–Crippen LogP) is 1.35. The molecule has 16 heavy (non-hydrogen) atoms. The lowest BCUT2D eigenvalue weighted by molar-refractivity contribution is 0.585. The Balaban J connectivity index is 2.18. The van der Waals surface area contributed by atoms with Crippen molar-refractivity contribution in [3.63, 3.8) is 0 Å².